The van der Waals surface area contributed by atoms with Crippen LogP contribution in [0, 0.1) is 0 Å². The molecule has 0 aliphatic heterocycles. The van der Waals surface area contributed by atoms with Gasteiger partial charge in [-0.3, -0.25) is 4.79 Å². The molecule has 0 aromatic rings. The molecule has 0 saturated carbocycles. The first kappa shape index (κ1) is 10.3. The molecular weight excluding hydrogens is 146 g/mol. The highest BCUT2D eigenvalue weighted by Gasteiger charge is 2.09. The number of carbonyl (C=O) groups excluding carboxylic acids is 1. The highest BCUT2D eigenvalue weighted by atomic mass is 16.3. The van der Waals surface area contributed by atoms with Crippen LogP contribution in [0.5, 0.6) is 0 Å². The van der Waals surface area contributed by atoms with E-state index in [1.807, 2.05) is 0 Å². The van der Waals surface area contributed by atoms with Crippen LogP contribution in [0.25, 0.3) is 0 Å². The van der Waals surface area contributed by atoms with Gasteiger partial charge in [-0.1, -0.05) is 0 Å². The van der Waals surface area contributed by atoms with E-state index < -0.39 is 6.04 Å². The molecule has 0 unspecified atom stereocenters. The molecule has 0 saturated heterocycles. The first-order valence-electron chi connectivity index (χ1n) is 3.51. The van der Waals surface area contributed by atoms with Gasteiger partial charge < -0.3 is 21.5 Å². The quantitative estimate of drug-likeness (QED) is 0.340. The highest BCUT2D eigenvalue weighted by Crippen LogP contribution is 1.74. The standard InChI is InChI=1S/C6H15N3O2/c1-8-2-3-9-6(11)5(7)4-10/h5,8,10H,2-4,7H2,1H3,(H,9,11)/t5-/m0/s1. The van der Waals surface area contributed by atoms with Crippen molar-refractivity contribution in [1.82, 2.24) is 10.6 Å². The maximum absolute atomic E-state index is 10.8. The van der Waals surface area contributed by atoms with Gasteiger partial charge in [-0.2, -0.15) is 0 Å². The van der Waals surface area contributed by atoms with Crippen LogP contribution < -0.4 is 16.4 Å². The summed E-state index contributed by atoms with van der Waals surface area (Å²) in [5, 5.41) is 13.9. The van der Waals surface area contributed by atoms with E-state index in [9.17, 15) is 4.79 Å². The number of hydrogen-bond acceptors (Lipinski definition) is 4. The topological polar surface area (TPSA) is 87.4 Å². The third-order valence-electron chi connectivity index (χ3n) is 1.21. The monoisotopic (exact) mass is 161 g/mol. The van der Waals surface area contributed by atoms with Gasteiger partial charge in [0.05, 0.1) is 6.61 Å². The first-order valence-corrected chi connectivity index (χ1v) is 3.51. The van der Waals surface area contributed by atoms with Crippen LogP contribution in [-0.4, -0.2) is 43.8 Å². The second kappa shape index (κ2) is 6.09. The summed E-state index contributed by atoms with van der Waals surface area (Å²) in [4.78, 5) is 10.8. The largest absolute Gasteiger partial charge is 0.394 e. The third kappa shape index (κ3) is 4.72. The number of hydrogen-bond donors (Lipinski definition) is 4. The Morgan fingerprint density at radius 1 is 1.64 bits per heavy atom. The third-order valence-corrected chi connectivity index (χ3v) is 1.21. The summed E-state index contributed by atoms with van der Waals surface area (Å²) in [5.74, 6) is -0.317. The van der Waals surface area contributed by atoms with E-state index in [1.165, 1.54) is 0 Å². The molecule has 11 heavy (non-hydrogen) atoms. The summed E-state index contributed by atoms with van der Waals surface area (Å²) in [6, 6.07) is -0.799. The Hall–Kier alpha value is -0.650. The minimum Gasteiger partial charge on any atom is -0.394 e. The van der Waals surface area contributed by atoms with E-state index in [-0.39, 0.29) is 12.5 Å². The van der Waals surface area contributed by atoms with Crippen molar-refractivity contribution in [2.24, 2.45) is 5.73 Å². The first-order chi connectivity index (χ1) is 5.22. The summed E-state index contributed by atoms with van der Waals surface area (Å²) in [6.45, 7) is 0.915. The smallest absolute Gasteiger partial charge is 0.239 e. The predicted molar refractivity (Wildman–Crippen MR) is 42.0 cm³/mol. The average molecular weight is 161 g/mol. The molecule has 0 aliphatic rings. The van der Waals surface area contributed by atoms with E-state index in [1.54, 1.807) is 7.05 Å². The number of nitrogens with one attached hydrogen (secondary N) is 2. The van der Waals surface area contributed by atoms with Crippen molar-refractivity contribution in [2.75, 3.05) is 26.7 Å². The van der Waals surface area contributed by atoms with Crippen molar-refractivity contribution >= 4 is 5.91 Å². The molecule has 0 fully saturated rings. The molecule has 5 nitrogen and oxygen atoms in total. The zero-order valence-electron chi connectivity index (χ0n) is 6.63. The SMILES string of the molecule is CNCCNC(=O)[C@@H](N)CO. The molecule has 5 N–H and O–H groups in total. The molecule has 0 rings (SSSR count). The van der Waals surface area contributed by atoms with Gasteiger partial charge in [-0.05, 0) is 7.05 Å². The van der Waals surface area contributed by atoms with Crippen molar-refractivity contribution in [2.45, 2.75) is 6.04 Å². The summed E-state index contributed by atoms with van der Waals surface area (Å²) in [6.07, 6.45) is 0. The van der Waals surface area contributed by atoms with Crippen molar-refractivity contribution in [1.29, 1.82) is 0 Å². The van der Waals surface area contributed by atoms with Crippen LogP contribution in [0.2, 0.25) is 0 Å². The number of amides is 1. The fourth-order valence-corrected chi connectivity index (χ4v) is 0.525. The molecular formula is C6H15N3O2. The minimum atomic E-state index is -0.799. The highest BCUT2D eigenvalue weighted by molar-refractivity contribution is 5.81. The maximum Gasteiger partial charge on any atom is 0.239 e. The van der Waals surface area contributed by atoms with Crippen LogP contribution >= 0.6 is 0 Å². The summed E-state index contributed by atoms with van der Waals surface area (Å²) in [5.41, 5.74) is 5.22. The number of aliphatic hydroxyl groups is 1. The van der Waals surface area contributed by atoms with Crippen LogP contribution in [0.15, 0.2) is 0 Å². The van der Waals surface area contributed by atoms with Gasteiger partial charge >= 0.3 is 0 Å². The van der Waals surface area contributed by atoms with Crippen molar-refractivity contribution in [3.63, 3.8) is 0 Å². The summed E-state index contributed by atoms with van der Waals surface area (Å²) in [7, 11) is 1.79. The number of carbonyl (C=O) groups is 1. The predicted octanol–water partition coefficient (Wildman–Crippen LogP) is -2.36. The Morgan fingerprint density at radius 3 is 2.73 bits per heavy atom. The normalized spacial score (nSPS) is 12.6. The zero-order valence-corrected chi connectivity index (χ0v) is 6.63. The number of rotatable bonds is 5. The van der Waals surface area contributed by atoms with Crippen LogP contribution in [0.4, 0.5) is 0 Å². The van der Waals surface area contributed by atoms with Gasteiger partial charge in [0.15, 0.2) is 0 Å². The molecule has 0 bridgehead atoms. The lowest BCUT2D eigenvalue weighted by Gasteiger charge is -2.08. The molecule has 0 heterocycles. The van der Waals surface area contributed by atoms with Gasteiger partial charge in [0.2, 0.25) is 5.91 Å². The Bertz CT molecular complexity index is 118. The van der Waals surface area contributed by atoms with Gasteiger partial charge in [-0.25, -0.2) is 0 Å². The molecule has 1 amide bonds. The summed E-state index contributed by atoms with van der Waals surface area (Å²) < 4.78 is 0. The van der Waals surface area contributed by atoms with Crippen LogP contribution in [0.3, 0.4) is 0 Å². The molecule has 66 valence electrons. The number of aliphatic hydroxyl groups excluding tert-OH is 1. The molecule has 0 radical (unpaired) electrons. The molecule has 5 heteroatoms. The second-order valence-electron chi connectivity index (χ2n) is 2.18. The number of nitrogens with two attached hydrogens (primary N) is 1. The summed E-state index contributed by atoms with van der Waals surface area (Å²) >= 11 is 0. The van der Waals surface area contributed by atoms with Gasteiger partial charge in [-0.15, -0.1) is 0 Å². The lowest BCUT2D eigenvalue weighted by molar-refractivity contribution is -0.123. The number of likely N-dealkylation sites (N-methyl/N-ethyl adjacent to an activating group) is 1. The van der Waals surface area contributed by atoms with Crippen LogP contribution in [-0.2, 0) is 4.79 Å². The van der Waals surface area contributed by atoms with E-state index in [2.05, 4.69) is 10.6 Å². The Morgan fingerprint density at radius 2 is 2.27 bits per heavy atom. The molecule has 0 aromatic carbocycles. The minimum absolute atomic E-state index is 0.314. The maximum atomic E-state index is 10.8. The van der Waals surface area contributed by atoms with Crippen LogP contribution in [0.1, 0.15) is 0 Å². The second-order valence-corrected chi connectivity index (χ2v) is 2.18. The molecule has 0 aromatic heterocycles. The lowest BCUT2D eigenvalue weighted by atomic mass is 10.3. The van der Waals surface area contributed by atoms with Gasteiger partial charge in [0.25, 0.3) is 0 Å². The van der Waals surface area contributed by atoms with E-state index in [0.29, 0.717) is 13.1 Å². The fourth-order valence-electron chi connectivity index (χ4n) is 0.525. The van der Waals surface area contributed by atoms with Crippen molar-refractivity contribution in [3.8, 4) is 0 Å². The Kier molecular flexibility index (Phi) is 5.73. The molecule has 0 aliphatic carbocycles. The average Bonchev–Trinajstić information content (AvgIpc) is 2.03. The van der Waals surface area contributed by atoms with Crippen molar-refractivity contribution < 1.29 is 9.90 Å². The van der Waals surface area contributed by atoms with Gasteiger partial charge in [0, 0.05) is 13.1 Å². The lowest BCUT2D eigenvalue weighted by Crippen LogP contribution is -2.44. The van der Waals surface area contributed by atoms with E-state index in [0.717, 1.165) is 0 Å². The zero-order chi connectivity index (χ0) is 8.69. The molecule has 0 spiro atoms. The van der Waals surface area contributed by atoms with E-state index in [4.69, 9.17) is 10.8 Å². The Balaban J connectivity index is 3.36. The van der Waals surface area contributed by atoms with E-state index >= 15 is 0 Å². The van der Waals surface area contributed by atoms with Crippen molar-refractivity contribution in [3.05, 3.63) is 0 Å². The fraction of sp³-hybridized carbons (Fsp3) is 0.833. The molecule has 1 atom stereocenters. The Labute approximate surface area is 66.0 Å². The van der Waals surface area contributed by atoms with Gasteiger partial charge in [0.1, 0.15) is 6.04 Å².